The van der Waals surface area contributed by atoms with Gasteiger partial charge in [0.1, 0.15) is 11.4 Å². The number of nitrogens with one attached hydrogen (secondary N) is 1. The highest BCUT2D eigenvalue weighted by atomic mass is 79.9. The third-order valence-corrected chi connectivity index (χ3v) is 4.55. The van der Waals surface area contributed by atoms with E-state index in [1.807, 2.05) is 72.8 Å². The van der Waals surface area contributed by atoms with Gasteiger partial charge in [-0.1, -0.05) is 46.3 Å². The first kappa shape index (κ1) is 16.5. The van der Waals surface area contributed by atoms with Gasteiger partial charge in [0.2, 0.25) is 0 Å². The number of para-hydroxylation sites is 2. The van der Waals surface area contributed by atoms with E-state index in [4.69, 9.17) is 14.7 Å². The highest BCUT2D eigenvalue weighted by Gasteiger charge is 2.12. The number of benzene rings is 3. The van der Waals surface area contributed by atoms with E-state index in [-0.39, 0.29) is 0 Å². The fourth-order valence-electron chi connectivity index (χ4n) is 2.73. The molecule has 0 amide bonds. The van der Waals surface area contributed by atoms with Crippen LogP contribution in [0.25, 0.3) is 22.3 Å². The number of fused-ring (bicyclic) bond motifs is 1. The maximum atomic E-state index is 5.31. The quantitative estimate of drug-likeness (QED) is 0.465. The van der Waals surface area contributed by atoms with Gasteiger partial charge in [0.25, 0.3) is 0 Å². The molecule has 4 aromatic rings. The lowest BCUT2D eigenvalue weighted by Crippen LogP contribution is -2.00. The average molecular weight is 406 g/mol. The monoisotopic (exact) mass is 405 g/mol. The SMILES string of the molecule is COc1cccc(Nc2nc3ccccc3nc2-c2ccc(Br)cc2)c1. The topological polar surface area (TPSA) is 47.0 Å². The third kappa shape index (κ3) is 3.39. The molecule has 0 atom stereocenters. The van der Waals surface area contributed by atoms with Gasteiger partial charge in [-0.2, -0.15) is 0 Å². The van der Waals surface area contributed by atoms with Gasteiger partial charge in [0.05, 0.1) is 18.1 Å². The van der Waals surface area contributed by atoms with Crippen LogP contribution in [0.4, 0.5) is 11.5 Å². The lowest BCUT2D eigenvalue weighted by Gasteiger charge is -2.13. The van der Waals surface area contributed by atoms with Crippen molar-refractivity contribution < 1.29 is 4.74 Å². The Bertz CT molecular complexity index is 1060. The van der Waals surface area contributed by atoms with Gasteiger partial charge >= 0.3 is 0 Å². The number of ether oxygens (including phenoxy) is 1. The standard InChI is InChI=1S/C21H16BrN3O/c1-26-17-6-4-5-16(13-17)23-21-20(14-9-11-15(22)12-10-14)24-18-7-2-3-8-19(18)25-21/h2-13H,1H3,(H,23,25). The molecule has 0 saturated carbocycles. The molecule has 1 N–H and O–H groups in total. The number of rotatable bonds is 4. The van der Waals surface area contributed by atoms with Crippen LogP contribution in [-0.2, 0) is 0 Å². The van der Waals surface area contributed by atoms with Gasteiger partial charge in [-0.3, -0.25) is 0 Å². The third-order valence-electron chi connectivity index (χ3n) is 4.02. The van der Waals surface area contributed by atoms with Crippen molar-refractivity contribution in [3.63, 3.8) is 0 Å². The summed E-state index contributed by atoms with van der Waals surface area (Å²) in [5, 5.41) is 3.39. The number of halogens is 1. The van der Waals surface area contributed by atoms with Gasteiger partial charge in [-0.25, -0.2) is 9.97 Å². The van der Waals surface area contributed by atoms with E-state index < -0.39 is 0 Å². The highest BCUT2D eigenvalue weighted by molar-refractivity contribution is 9.10. The van der Waals surface area contributed by atoms with Crippen LogP contribution in [0, 0.1) is 0 Å². The summed E-state index contributed by atoms with van der Waals surface area (Å²) in [6.45, 7) is 0. The zero-order valence-corrected chi connectivity index (χ0v) is 15.7. The highest BCUT2D eigenvalue weighted by Crippen LogP contribution is 2.31. The van der Waals surface area contributed by atoms with Gasteiger partial charge in [-0.05, 0) is 36.4 Å². The summed E-state index contributed by atoms with van der Waals surface area (Å²) in [4.78, 5) is 9.64. The van der Waals surface area contributed by atoms with Crippen LogP contribution in [0.2, 0.25) is 0 Å². The molecule has 0 aliphatic heterocycles. The second-order valence-electron chi connectivity index (χ2n) is 5.77. The molecule has 128 valence electrons. The molecule has 3 aromatic carbocycles. The molecule has 0 saturated heterocycles. The molecule has 4 nitrogen and oxygen atoms in total. The summed E-state index contributed by atoms with van der Waals surface area (Å²) in [7, 11) is 1.65. The number of anilines is 2. The fourth-order valence-corrected chi connectivity index (χ4v) is 3.00. The minimum absolute atomic E-state index is 0.708. The second kappa shape index (κ2) is 7.14. The maximum absolute atomic E-state index is 5.31. The zero-order chi connectivity index (χ0) is 17.9. The predicted octanol–water partition coefficient (Wildman–Crippen LogP) is 5.81. The van der Waals surface area contributed by atoms with E-state index in [0.29, 0.717) is 5.82 Å². The molecule has 0 unspecified atom stereocenters. The van der Waals surface area contributed by atoms with Crippen LogP contribution in [-0.4, -0.2) is 17.1 Å². The summed E-state index contributed by atoms with van der Waals surface area (Å²) >= 11 is 3.48. The summed E-state index contributed by atoms with van der Waals surface area (Å²) < 4.78 is 6.33. The van der Waals surface area contributed by atoms with Crippen molar-refractivity contribution in [2.45, 2.75) is 0 Å². The Kier molecular flexibility index (Phi) is 4.54. The van der Waals surface area contributed by atoms with Crippen molar-refractivity contribution in [2.24, 2.45) is 0 Å². The molecule has 4 rings (SSSR count). The van der Waals surface area contributed by atoms with Crippen molar-refractivity contribution in [1.29, 1.82) is 0 Å². The Morgan fingerprint density at radius 2 is 1.58 bits per heavy atom. The first-order valence-electron chi connectivity index (χ1n) is 8.17. The first-order chi connectivity index (χ1) is 12.7. The minimum atomic E-state index is 0.708. The maximum Gasteiger partial charge on any atom is 0.157 e. The van der Waals surface area contributed by atoms with Crippen LogP contribution < -0.4 is 10.1 Å². The smallest absolute Gasteiger partial charge is 0.157 e. The molecule has 0 spiro atoms. The lowest BCUT2D eigenvalue weighted by molar-refractivity contribution is 0.415. The van der Waals surface area contributed by atoms with Gasteiger partial charge in [-0.15, -0.1) is 0 Å². The molecule has 0 radical (unpaired) electrons. The number of aromatic nitrogens is 2. The van der Waals surface area contributed by atoms with Crippen LogP contribution in [0.3, 0.4) is 0 Å². The van der Waals surface area contributed by atoms with E-state index in [2.05, 4.69) is 21.2 Å². The summed E-state index contributed by atoms with van der Waals surface area (Å²) in [5.41, 5.74) is 4.41. The van der Waals surface area contributed by atoms with Crippen molar-refractivity contribution in [1.82, 2.24) is 9.97 Å². The molecular weight excluding hydrogens is 390 g/mol. The Balaban J connectivity index is 1.85. The molecule has 0 fully saturated rings. The van der Waals surface area contributed by atoms with E-state index in [0.717, 1.165) is 38.2 Å². The van der Waals surface area contributed by atoms with E-state index in [1.165, 1.54) is 0 Å². The Morgan fingerprint density at radius 3 is 2.31 bits per heavy atom. The Hall–Kier alpha value is -2.92. The van der Waals surface area contributed by atoms with E-state index in [1.54, 1.807) is 7.11 Å². The molecule has 1 heterocycles. The van der Waals surface area contributed by atoms with Gasteiger partial charge < -0.3 is 10.1 Å². The summed E-state index contributed by atoms with van der Waals surface area (Å²) in [6, 6.07) is 23.7. The summed E-state index contributed by atoms with van der Waals surface area (Å²) in [5.74, 6) is 1.49. The normalized spacial score (nSPS) is 10.7. The van der Waals surface area contributed by atoms with E-state index in [9.17, 15) is 0 Å². The second-order valence-corrected chi connectivity index (χ2v) is 6.69. The minimum Gasteiger partial charge on any atom is -0.497 e. The van der Waals surface area contributed by atoms with Gasteiger partial charge in [0, 0.05) is 21.8 Å². The first-order valence-corrected chi connectivity index (χ1v) is 8.96. The number of nitrogens with zero attached hydrogens (tertiary/aromatic N) is 2. The predicted molar refractivity (Wildman–Crippen MR) is 109 cm³/mol. The van der Waals surface area contributed by atoms with Crippen LogP contribution in [0.15, 0.2) is 77.3 Å². The Morgan fingerprint density at radius 1 is 0.846 bits per heavy atom. The largest absolute Gasteiger partial charge is 0.497 e. The fraction of sp³-hybridized carbons (Fsp3) is 0.0476. The van der Waals surface area contributed by atoms with Crippen molar-refractivity contribution >= 4 is 38.5 Å². The molecule has 5 heteroatoms. The molecule has 1 aromatic heterocycles. The average Bonchev–Trinajstić information content (AvgIpc) is 2.68. The van der Waals surface area contributed by atoms with Gasteiger partial charge in [0.15, 0.2) is 5.82 Å². The summed E-state index contributed by atoms with van der Waals surface area (Å²) in [6.07, 6.45) is 0. The molecular formula is C21H16BrN3O. The van der Waals surface area contributed by atoms with Crippen molar-refractivity contribution in [3.8, 4) is 17.0 Å². The Labute approximate surface area is 160 Å². The van der Waals surface area contributed by atoms with Crippen LogP contribution in [0.5, 0.6) is 5.75 Å². The lowest BCUT2D eigenvalue weighted by atomic mass is 10.1. The molecule has 0 aliphatic rings. The molecule has 0 aliphatic carbocycles. The zero-order valence-electron chi connectivity index (χ0n) is 14.1. The van der Waals surface area contributed by atoms with Crippen LogP contribution >= 0.6 is 15.9 Å². The van der Waals surface area contributed by atoms with Crippen LogP contribution in [0.1, 0.15) is 0 Å². The molecule has 0 bridgehead atoms. The van der Waals surface area contributed by atoms with E-state index >= 15 is 0 Å². The number of hydrogen-bond donors (Lipinski definition) is 1. The number of methoxy groups -OCH3 is 1. The van der Waals surface area contributed by atoms with Crippen molar-refractivity contribution in [3.05, 3.63) is 77.3 Å². The number of hydrogen-bond acceptors (Lipinski definition) is 4. The van der Waals surface area contributed by atoms with Crippen molar-refractivity contribution in [2.75, 3.05) is 12.4 Å². The molecule has 26 heavy (non-hydrogen) atoms.